The van der Waals surface area contributed by atoms with Crippen molar-refractivity contribution in [3.63, 3.8) is 0 Å². The second-order valence-corrected chi connectivity index (χ2v) is 6.26. The zero-order chi connectivity index (χ0) is 19.2. The van der Waals surface area contributed by atoms with Crippen LogP contribution < -0.4 is 11.2 Å². The van der Waals surface area contributed by atoms with E-state index in [2.05, 4.69) is 4.98 Å². The first-order valence-corrected chi connectivity index (χ1v) is 8.66. The second kappa shape index (κ2) is 8.92. The molecule has 3 rings (SSSR count). The monoisotopic (exact) mass is 374 g/mol. The van der Waals surface area contributed by atoms with Crippen molar-refractivity contribution in [2.24, 2.45) is 0 Å². The maximum atomic E-state index is 12.0. The number of nitrogens with one attached hydrogen (secondary N) is 1. The molecule has 1 aliphatic heterocycles. The topological polar surface area (TPSA) is 114 Å². The van der Waals surface area contributed by atoms with E-state index in [9.17, 15) is 14.7 Å². The van der Waals surface area contributed by atoms with Gasteiger partial charge in [-0.1, -0.05) is 42.5 Å². The van der Waals surface area contributed by atoms with Gasteiger partial charge < -0.3 is 19.7 Å². The number of rotatable bonds is 7. The molecular weight excluding hydrogens is 352 g/mol. The van der Waals surface area contributed by atoms with Crippen molar-refractivity contribution >= 4 is 6.08 Å². The fraction of sp³-hybridized carbons (Fsp3) is 0.368. The molecule has 3 atom stereocenters. The second-order valence-electron chi connectivity index (χ2n) is 6.26. The molecule has 0 radical (unpaired) electrons. The molecule has 0 aliphatic carbocycles. The summed E-state index contributed by atoms with van der Waals surface area (Å²) in [5, 5.41) is 19.0. The summed E-state index contributed by atoms with van der Waals surface area (Å²) in [5.74, 6) is 0. The van der Waals surface area contributed by atoms with Crippen LogP contribution in [0, 0.1) is 0 Å². The van der Waals surface area contributed by atoms with Gasteiger partial charge in [-0.2, -0.15) is 0 Å². The predicted molar refractivity (Wildman–Crippen MR) is 98.1 cm³/mol. The Kier molecular flexibility index (Phi) is 6.36. The van der Waals surface area contributed by atoms with Crippen molar-refractivity contribution in [1.29, 1.82) is 0 Å². The van der Waals surface area contributed by atoms with Crippen LogP contribution in [-0.4, -0.2) is 45.2 Å². The zero-order valence-electron chi connectivity index (χ0n) is 14.7. The molecule has 0 saturated carbocycles. The Hall–Kier alpha value is -2.52. The molecule has 1 aromatic carbocycles. The van der Waals surface area contributed by atoms with E-state index in [0.717, 1.165) is 5.56 Å². The lowest BCUT2D eigenvalue weighted by atomic mass is 10.2. The first kappa shape index (κ1) is 19.2. The van der Waals surface area contributed by atoms with E-state index in [-0.39, 0.29) is 25.2 Å². The third-order valence-corrected chi connectivity index (χ3v) is 4.32. The minimum atomic E-state index is -0.873. The molecule has 2 aromatic rings. The first-order chi connectivity index (χ1) is 13.1. The largest absolute Gasteiger partial charge is 0.394 e. The Labute approximate surface area is 155 Å². The zero-order valence-corrected chi connectivity index (χ0v) is 14.7. The molecule has 2 heterocycles. The summed E-state index contributed by atoms with van der Waals surface area (Å²) in [6.07, 6.45) is 2.89. The average molecular weight is 374 g/mol. The lowest BCUT2D eigenvalue weighted by Gasteiger charge is -2.15. The molecule has 0 spiro atoms. The van der Waals surface area contributed by atoms with Gasteiger partial charge >= 0.3 is 5.69 Å². The van der Waals surface area contributed by atoms with Crippen LogP contribution in [0.1, 0.15) is 23.8 Å². The van der Waals surface area contributed by atoms with Crippen molar-refractivity contribution < 1.29 is 19.7 Å². The molecule has 0 amide bonds. The van der Waals surface area contributed by atoms with Crippen molar-refractivity contribution in [1.82, 2.24) is 9.55 Å². The number of aliphatic hydroxyl groups excluding tert-OH is 2. The number of nitrogens with zero attached hydrogens (tertiary/aromatic N) is 1. The van der Waals surface area contributed by atoms with Crippen molar-refractivity contribution in [2.45, 2.75) is 31.5 Å². The Morgan fingerprint density at radius 1 is 1.30 bits per heavy atom. The van der Waals surface area contributed by atoms with Gasteiger partial charge in [-0.25, -0.2) is 4.79 Å². The van der Waals surface area contributed by atoms with E-state index < -0.39 is 29.7 Å². The van der Waals surface area contributed by atoms with E-state index in [4.69, 9.17) is 14.6 Å². The van der Waals surface area contributed by atoms with Crippen LogP contribution in [0.3, 0.4) is 0 Å². The molecule has 0 bridgehead atoms. The minimum Gasteiger partial charge on any atom is -0.394 e. The third kappa shape index (κ3) is 4.81. The maximum Gasteiger partial charge on any atom is 0.330 e. The van der Waals surface area contributed by atoms with Gasteiger partial charge in [0.05, 0.1) is 31.5 Å². The fourth-order valence-corrected chi connectivity index (χ4v) is 2.88. The van der Waals surface area contributed by atoms with E-state index in [0.29, 0.717) is 6.61 Å². The van der Waals surface area contributed by atoms with Crippen LogP contribution in [-0.2, 0) is 16.1 Å². The summed E-state index contributed by atoms with van der Waals surface area (Å²) < 4.78 is 12.2. The van der Waals surface area contributed by atoms with E-state index in [1.165, 1.54) is 10.8 Å². The Balaban J connectivity index is 1.63. The van der Waals surface area contributed by atoms with E-state index in [1.807, 2.05) is 42.5 Å². The molecule has 1 saturated heterocycles. The maximum absolute atomic E-state index is 12.0. The molecule has 27 heavy (non-hydrogen) atoms. The van der Waals surface area contributed by atoms with Crippen LogP contribution in [0.15, 0.2) is 52.2 Å². The summed E-state index contributed by atoms with van der Waals surface area (Å²) in [7, 11) is 0. The van der Waals surface area contributed by atoms with Crippen LogP contribution in [0.25, 0.3) is 6.08 Å². The van der Waals surface area contributed by atoms with Gasteiger partial charge in [0.25, 0.3) is 5.56 Å². The molecule has 0 unspecified atom stereocenters. The summed E-state index contributed by atoms with van der Waals surface area (Å²) in [6.45, 7) is -0.0222. The lowest BCUT2D eigenvalue weighted by molar-refractivity contribution is -0.0461. The average Bonchev–Trinajstić information content (AvgIpc) is 3.04. The van der Waals surface area contributed by atoms with E-state index in [1.54, 1.807) is 0 Å². The van der Waals surface area contributed by atoms with Gasteiger partial charge in [-0.3, -0.25) is 14.3 Å². The number of aliphatic hydroxyl groups is 2. The fourth-order valence-electron chi connectivity index (χ4n) is 2.88. The molecule has 1 aliphatic rings. The van der Waals surface area contributed by atoms with Gasteiger partial charge in [-0.15, -0.1) is 0 Å². The van der Waals surface area contributed by atoms with Gasteiger partial charge in [0.1, 0.15) is 12.3 Å². The number of H-pyrrole nitrogens is 1. The van der Waals surface area contributed by atoms with Crippen LogP contribution in [0.4, 0.5) is 0 Å². The number of ether oxygens (including phenoxy) is 2. The standard InChI is InChI=1S/C19H22N2O6/c22-11-16-15(23)9-17(27-16)21-10-14(18(24)20-19(21)25)12-26-8-4-7-13-5-2-1-3-6-13/h1-7,10,15-17,22-23H,8-9,11-12H2,(H,20,24,25)/t15-,16+,17+/m0/s1. The van der Waals surface area contributed by atoms with Crippen molar-refractivity contribution in [3.05, 3.63) is 74.6 Å². The first-order valence-electron chi connectivity index (χ1n) is 8.66. The van der Waals surface area contributed by atoms with E-state index >= 15 is 0 Å². The highest BCUT2D eigenvalue weighted by Gasteiger charge is 2.35. The molecular formula is C19H22N2O6. The highest BCUT2D eigenvalue weighted by Crippen LogP contribution is 2.27. The molecule has 1 fully saturated rings. The molecule has 1 aromatic heterocycles. The van der Waals surface area contributed by atoms with Crippen LogP contribution in [0.2, 0.25) is 0 Å². The summed E-state index contributed by atoms with van der Waals surface area (Å²) >= 11 is 0. The van der Waals surface area contributed by atoms with Gasteiger partial charge in [-0.05, 0) is 5.56 Å². The van der Waals surface area contributed by atoms with Crippen LogP contribution in [0.5, 0.6) is 0 Å². The molecule has 144 valence electrons. The third-order valence-electron chi connectivity index (χ3n) is 4.32. The number of benzene rings is 1. The van der Waals surface area contributed by atoms with Crippen molar-refractivity contribution in [3.8, 4) is 0 Å². The SMILES string of the molecule is O=c1[nH]c(=O)n([C@H]2C[C@H](O)[C@@H](CO)O2)cc1COCC=Cc1ccccc1. The summed E-state index contributed by atoms with van der Waals surface area (Å²) in [5.41, 5.74) is 0.153. The Morgan fingerprint density at radius 3 is 2.78 bits per heavy atom. The van der Waals surface area contributed by atoms with Gasteiger partial charge in [0.15, 0.2) is 0 Å². The summed E-state index contributed by atoms with van der Waals surface area (Å²) in [6, 6.07) is 9.74. The molecule has 8 nitrogen and oxygen atoms in total. The molecule has 3 N–H and O–H groups in total. The number of aromatic amines is 1. The predicted octanol–water partition coefficient (Wildman–Crippen LogP) is 0.407. The Morgan fingerprint density at radius 2 is 2.07 bits per heavy atom. The smallest absolute Gasteiger partial charge is 0.330 e. The normalized spacial score (nSPS) is 22.5. The minimum absolute atomic E-state index is 0.0213. The Bertz CT molecular complexity index is 889. The highest BCUT2D eigenvalue weighted by molar-refractivity contribution is 5.48. The number of hydrogen-bond acceptors (Lipinski definition) is 6. The van der Waals surface area contributed by atoms with Gasteiger partial charge in [0, 0.05) is 12.6 Å². The quantitative estimate of drug-likeness (QED) is 0.605. The van der Waals surface area contributed by atoms with Crippen LogP contribution >= 0.6 is 0 Å². The lowest BCUT2D eigenvalue weighted by Crippen LogP contribution is -2.34. The van der Waals surface area contributed by atoms with Crippen molar-refractivity contribution in [2.75, 3.05) is 13.2 Å². The highest BCUT2D eigenvalue weighted by atomic mass is 16.5. The number of aromatic nitrogens is 2. The number of hydrogen-bond donors (Lipinski definition) is 3. The van der Waals surface area contributed by atoms with Gasteiger partial charge in [0.2, 0.25) is 0 Å². The molecule has 8 heteroatoms. The summed E-state index contributed by atoms with van der Waals surface area (Å²) in [4.78, 5) is 26.3.